The zero-order valence-corrected chi connectivity index (χ0v) is 10.8. The Morgan fingerprint density at radius 2 is 1.77 bits per heavy atom. The summed E-state index contributed by atoms with van der Waals surface area (Å²) in [4.78, 5) is 0. The molecular formula is C11H15GeN. The van der Waals surface area contributed by atoms with Gasteiger partial charge in [-0.25, -0.2) is 0 Å². The van der Waals surface area contributed by atoms with Crippen molar-refractivity contribution in [3.8, 4) is 6.07 Å². The van der Waals surface area contributed by atoms with Crippen molar-refractivity contribution in [2.75, 3.05) is 0 Å². The maximum atomic E-state index is 8.82. The molecule has 0 amide bonds. The van der Waals surface area contributed by atoms with Crippen LogP contribution in [0.2, 0.25) is 17.3 Å². The Morgan fingerprint density at radius 3 is 2.23 bits per heavy atom. The fourth-order valence-electron chi connectivity index (χ4n) is 1.28. The molecule has 0 unspecified atom stereocenters. The van der Waals surface area contributed by atoms with Crippen LogP contribution in [-0.2, 0) is 0 Å². The minimum absolute atomic E-state index is 0.801. The molecule has 0 bridgehead atoms. The molecule has 1 rings (SSSR count). The van der Waals surface area contributed by atoms with Gasteiger partial charge in [-0.3, -0.25) is 0 Å². The number of hydrogen-bond donors (Lipinski definition) is 0. The second kappa shape index (κ2) is 3.55. The van der Waals surface area contributed by atoms with Gasteiger partial charge < -0.3 is 0 Å². The minimum atomic E-state index is -1.75. The molecule has 0 aliphatic heterocycles. The summed E-state index contributed by atoms with van der Waals surface area (Å²) in [7, 11) is 0. The Balaban J connectivity index is 3.26. The van der Waals surface area contributed by atoms with E-state index in [0.717, 1.165) is 5.56 Å². The Morgan fingerprint density at radius 1 is 1.15 bits per heavy atom. The molecule has 0 radical (unpaired) electrons. The topological polar surface area (TPSA) is 23.8 Å². The van der Waals surface area contributed by atoms with Gasteiger partial charge in [0.1, 0.15) is 0 Å². The van der Waals surface area contributed by atoms with Gasteiger partial charge in [-0.1, -0.05) is 0 Å². The summed E-state index contributed by atoms with van der Waals surface area (Å²) in [6.07, 6.45) is 0. The fourth-order valence-corrected chi connectivity index (χ4v) is 3.90. The van der Waals surface area contributed by atoms with Crippen molar-refractivity contribution < 1.29 is 0 Å². The van der Waals surface area contributed by atoms with Crippen LogP contribution in [0.15, 0.2) is 18.2 Å². The number of aryl methyl sites for hydroxylation is 1. The summed E-state index contributed by atoms with van der Waals surface area (Å²) < 4.78 is 1.41. The molecule has 0 aliphatic carbocycles. The first kappa shape index (κ1) is 10.3. The third-order valence-electron chi connectivity index (χ3n) is 2.07. The molecule has 0 saturated carbocycles. The summed E-state index contributed by atoms with van der Waals surface area (Å²) in [6.45, 7) is 2.05. The first-order valence-corrected chi connectivity index (χ1v) is 11.8. The molecule has 0 heterocycles. The van der Waals surface area contributed by atoms with E-state index in [0.29, 0.717) is 0 Å². The average molecular weight is 234 g/mol. The normalized spacial score (nSPS) is 11.0. The summed E-state index contributed by atoms with van der Waals surface area (Å²) in [5.41, 5.74) is 2.00. The molecular weight excluding hydrogens is 219 g/mol. The van der Waals surface area contributed by atoms with Gasteiger partial charge in [0.15, 0.2) is 0 Å². The second-order valence-electron chi connectivity index (χ2n) is 4.45. The van der Waals surface area contributed by atoms with E-state index < -0.39 is 13.3 Å². The monoisotopic (exact) mass is 235 g/mol. The summed E-state index contributed by atoms with van der Waals surface area (Å²) in [6, 6.07) is 8.42. The van der Waals surface area contributed by atoms with Crippen LogP contribution < -0.4 is 4.40 Å². The van der Waals surface area contributed by atoms with Crippen LogP contribution in [0.1, 0.15) is 11.1 Å². The van der Waals surface area contributed by atoms with E-state index in [1.165, 1.54) is 9.96 Å². The van der Waals surface area contributed by atoms with E-state index in [4.69, 9.17) is 5.26 Å². The van der Waals surface area contributed by atoms with Crippen LogP contribution >= 0.6 is 0 Å². The van der Waals surface area contributed by atoms with Gasteiger partial charge in [0, 0.05) is 0 Å². The molecule has 1 nitrogen and oxygen atoms in total. The van der Waals surface area contributed by atoms with Gasteiger partial charge in [0.05, 0.1) is 0 Å². The fraction of sp³-hybridized carbons (Fsp3) is 0.364. The van der Waals surface area contributed by atoms with E-state index in [-0.39, 0.29) is 0 Å². The van der Waals surface area contributed by atoms with Gasteiger partial charge in [0.2, 0.25) is 0 Å². The zero-order chi connectivity index (χ0) is 10.1. The van der Waals surface area contributed by atoms with Crippen molar-refractivity contribution in [2.45, 2.75) is 24.2 Å². The van der Waals surface area contributed by atoms with Gasteiger partial charge in [0.25, 0.3) is 0 Å². The van der Waals surface area contributed by atoms with E-state index in [1.54, 1.807) is 0 Å². The van der Waals surface area contributed by atoms with Crippen molar-refractivity contribution >= 4 is 17.7 Å². The second-order valence-corrected chi connectivity index (χ2v) is 15.1. The van der Waals surface area contributed by atoms with Crippen molar-refractivity contribution in [3.63, 3.8) is 0 Å². The molecule has 0 fully saturated rings. The average Bonchev–Trinajstić information content (AvgIpc) is 2.01. The van der Waals surface area contributed by atoms with Crippen LogP contribution in [0.3, 0.4) is 0 Å². The molecule has 68 valence electrons. The third kappa shape index (κ3) is 2.60. The zero-order valence-electron chi connectivity index (χ0n) is 8.68. The molecule has 0 N–H and O–H groups in total. The maximum absolute atomic E-state index is 8.82. The number of hydrogen-bond acceptors (Lipinski definition) is 1. The van der Waals surface area contributed by atoms with Crippen molar-refractivity contribution in [1.29, 1.82) is 5.26 Å². The van der Waals surface area contributed by atoms with Crippen LogP contribution in [0, 0.1) is 18.3 Å². The molecule has 0 atom stereocenters. The first-order valence-electron chi connectivity index (χ1n) is 4.46. The predicted molar refractivity (Wildman–Crippen MR) is 58.9 cm³/mol. The number of benzene rings is 1. The van der Waals surface area contributed by atoms with Crippen LogP contribution in [-0.4, -0.2) is 13.3 Å². The molecule has 2 heteroatoms. The Kier molecular flexibility index (Phi) is 2.82. The summed E-state index contributed by atoms with van der Waals surface area (Å²) in [5.74, 6) is 7.03. The third-order valence-corrected chi connectivity index (χ3v) is 6.31. The van der Waals surface area contributed by atoms with Gasteiger partial charge in [-0.05, 0) is 0 Å². The molecule has 0 spiro atoms. The Bertz CT molecular complexity index is 355. The quantitative estimate of drug-likeness (QED) is 0.684. The van der Waals surface area contributed by atoms with Crippen LogP contribution in [0.5, 0.6) is 0 Å². The van der Waals surface area contributed by atoms with Crippen LogP contribution in [0.4, 0.5) is 0 Å². The number of nitriles is 1. The van der Waals surface area contributed by atoms with Crippen molar-refractivity contribution in [2.24, 2.45) is 0 Å². The Hall–Kier alpha value is -0.747. The summed E-state index contributed by atoms with van der Waals surface area (Å²) in [5, 5.41) is 8.82. The molecule has 1 aromatic carbocycles. The van der Waals surface area contributed by atoms with Crippen molar-refractivity contribution in [1.82, 2.24) is 0 Å². The summed E-state index contributed by atoms with van der Waals surface area (Å²) >= 11 is -1.75. The molecule has 0 aromatic heterocycles. The van der Waals surface area contributed by atoms with Gasteiger partial charge >= 0.3 is 82.5 Å². The van der Waals surface area contributed by atoms with Gasteiger partial charge in [-0.15, -0.1) is 0 Å². The van der Waals surface area contributed by atoms with E-state index >= 15 is 0 Å². The molecule has 13 heavy (non-hydrogen) atoms. The van der Waals surface area contributed by atoms with Gasteiger partial charge in [-0.2, -0.15) is 0 Å². The predicted octanol–water partition coefficient (Wildman–Crippen LogP) is 2.41. The molecule has 0 aliphatic rings. The standard InChI is InChI=1S/C11H15GeN/c1-9-5-10(8-13)7-11(6-9)12(2,3)4/h5-7H,1-4H3. The van der Waals surface area contributed by atoms with Crippen LogP contribution in [0.25, 0.3) is 0 Å². The number of nitrogens with zero attached hydrogens (tertiary/aromatic N) is 1. The molecule has 0 saturated heterocycles. The molecule has 1 aromatic rings. The van der Waals surface area contributed by atoms with E-state index in [2.05, 4.69) is 36.3 Å². The number of rotatable bonds is 1. The first-order chi connectivity index (χ1) is 5.93. The SMILES string of the molecule is Cc1cc(C#N)c[c]([Ge]([CH3])([CH3])[CH3])c1. The van der Waals surface area contributed by atoms with E-state index in [9.17, 15) is 0 Å². The Labute approximate surface area is 82.8 Å². The van der Waals surface area contributed by atoms with E-state index in [1.807, 2.05) is 12.1 Å². The van der Waals surface area contributed by atoms with Crippen molar-refractivity contribution in [3.05, 3.63) is 29.3 Å².